The normalized spacial score (nSPS) is 10.5. The molecule has 0 aliphatic carbocycles. The van der Waals surface area contributed by atoms with Crippen molar-refractivity contribution in [2.75, 3.05) is 0 Å². The zero-order valence-electron chi connectivity index (χ0n) is 8.17. The van der Waals surface area contributed by atoms with Gasteiger partial charge in [-0.25, -0.2) is 4.98 Å². The fraction of sp³-hybridized carbons (Fsp3) is 0. The standard InChI is InChI=1S/C9H7N7/c1-2-4-8(5-3-1)16-9(12-13-14-16)15-7-10-6-11-15/h1-7H. The van der Waals surface area contributed by atoms with Crippen molar-refractivity contribution >= 4 is 0 Å². The van der Waals surface area contributed by atoms with Gasteiger partial charge >= 0.3 is 0 Å². The second-order valence-electron chi connectivity index (χ2n) is 3.07. The third kappa shape index (κ3) is 1.34. The summed E-state index contributed by atoms with van der Waals surface area (Å²) in [5.74, 6) is 0.503. The minimum atomic E-state index is 0.503. The van der Waals surface area contributed by atoms with Crippen molar-refractivity contribution in [2.24, 2.45) is 0 Å². The monoisotopic (exact) mass is 213 g/mol. The Morgan fingerprint density at radius 3 is 2.69 bits per heavy atom. The largest absolute Gasteiger partial charge is 0.276 e. The van der Waals surface area contributed by atoms with E-state index in [1.165, 1.54) is 11.0 Å². The minimum Gasteiger partial charge on any atom is -0.223 e. The van der Waals surface area contributed by atoms with Gasteiger partial charge < -0.3 is 0 Å². The molecule has 2 aromatic heterocycles. The van der Waals surface area contributed by atoms with Gasteiger partial charge in [0.05, 0.1) is 5.69 Å². The van der Waals surface area contributed by atoms with Gasteiger partial charge in [0.25, 0.3) is 5.95 Å². The van der Waals surface area contributed by atoms with Crippen LogP contribution in [0, 0.1) is 0 Å². The van der Waals surface area contributed by atoms with E-state index in [2.05, 4.69) is 25.6 Å². The van der Waals surface area contributed by atoms with Crippen LogP contribution in [0.15, 0.2) is 43.0 Å². The lowest BCUT2D eigenvalue weighted by Gasteiger charge is -2.02. The van der Waals surface area contributed by atoms with E-state index in [9.17, 15) is 0 Å². The van der Waals surface area contributed by atoms with Crippen molar-refractivity contribution in [2.45, 2.75) is 0 Å². The molecule has 0 aliphatic heterocycles. The molecule has 0 amide bonds. The molecule has 78 valence electrons. The SMILES string of the molecule is c1ccc(-n2nnnc2-n2cncn2)cc1. The van der Waals surface area contributed by atoms with Gasteiger partial charge in [0, 0.05) is 0 Å². The third-order valence-electron chi connectivity index (χ3n) is 2.08. The van der Waals surface area contributed by atoms with E-state index in [4.69, 9.17) is 0 Å². The summed E-state index contributed by atoms with van der Waals surface area (Å²) in [6.07, 6.45) is 2.98. The van der Waals surface area contributed by atoms with Gasteiger partial charge in [0.2, 0.25) is 0 Å². The first-order valence-electron chi connectivity index (χ1n) is 4.64. The lowest BCUT2D eigenvalue weighted by Crippen LogP contribution is -2.06. The Morgan fingerprint density at radius 2 is 1.94 bits per heavy atom. The summed E-state index contributed by atoms with van der Waals surface area (Å²) in [7, 11) is 0. The number of benzene rings is 1. The molecule has 3 aromatic rings. The van der Waals surface area contributed by atoms with Crippen LogP contribution in [0.1, 0.15) is 0 Å². The molecule has 7 heteroatoms. The molecule has 16 heavy (non-hydrogen) atoms. The summed E-state index contributed by atoms with van der Waals surface area (Å²) < 4.78 is 3.10. The topological polar surface area (TPSA) is 74.3 Å². The zero-order valence-corrected chi connectivity index (χ0v) is 8.17. The van der Waals surface area contributed by atoms with Crippen LogP contribution in [0.2, 0.25) is 0 Å². The molecule has 0 saturated heterocycles. The van der Waals surface area contributed by atoms with Gasteiger partial charge in [-0.15, -0.1) is 0 Å². The first-order valence-corrected chi connectivity index (χ1v) is 4.64. The molecule has 0 spiro atoms. The fourth-order valence-electron chi connectivity index (χ4n) is 1.37. The smallest absolute Gasteiger partial charge is 0.223 e. The Bertz CT molecular complexity index is 569. The molecule has 0 saturated carbocycles. The first-order chi connectivity index (χ1) is 7.95. The molecule has 0 atom stereocenters. The van der Waals surface area contributed by atoms with Gasteiger partial charge in [0.15, 0.2) is 0 Å². The van der Waals surface area contributed by atoms with Gasteiger partial charge in [-0.05, 0) is 22.6 Å². The number of nitrogens with zero attached hydrogens (tertiary/aromatic N) is 7. The summed E-state index contributed by atoms with van der Waals surface area (Å²) in [6.45, 7) is 0. The summed E-state index contributed by atoms with van der Waals surface area (Å²) in [6, 6.07) is 9.60. The Labute approximate surface area is 90.4 Å². The predicted molar refractivity (Wildman–Crippen MR) is 54.1 cm³/mol. The highest BCUT2D eigenvalue weighted by atomic mass is 15.6. The number of aromatic nitrogens is 7. The number of tetrazole rings is 1. The lowest BCUT2D eigenvalue weighted by atomic mass is 10.3. The zero-order chi connectivity index (χ0) is 10.8. The average molecular weight is 213 g/mol. The predicted octanol–water partition coefficient (Wildman–Crippen LogP) is 0.243. The van der Waals surface area contributed by atoms with Gasteiger partial charge in [-0.2, -0.15) is 14.5 Å². The highest BCUT2D eigenvalue weighted by molar-refractivity contribution is 5.33. The summed E-state index contributed by atoms with van der Waals surface area (Å²) in [5.41, 5.74) is 0.873. The van der Waals surface area contributed by atoms with Crippen LogP contribution >= 0.6 is 0 Å². The van der Waals surface area contributed by atoms with E-state index in [0.717, 1.165) is 5.69 Å². The van der Waals surface area contributed by atoms with E-state index in [1.807, 2.05) is 30.3 Å². The highest BCUT2D eigenvalue weighted by Gasteiger charge is 2.09. The second-order valence-corrected chi connectivity index (χ2v) is 3.07. The Hall–Kier alpha value is -2.57. The molecule has 0 bridgehead atoms. The number of hydrogen-bond donors (Lipinski definition) is 0. The molecule has 1 aromatic carbocycles. The summed E-state index contributed by atoms with van der Waals surface area (Å²) in [4.78, 5) is 3.86. The van der Waals surface area contributed by atoms with Crippen LogP contribution in [-0.2, 0) is 0 Å². The maximum Gasteiger partial charge on any atom is 0.276 e. The molecule has 0 fully saturated rings. The molecule has 3 rings (SSSR count). The molecular weight excluding hydrogens is 206 g/mol. The van der Waals surface area contributed by atoms with Crippen LogP contribution < -0.4 is 0 Å². The molecule has 0 aliphatic rings. The quantitative estimate of drug-likeness (QED) is 0.609. The lowest BCUT2D eigenvalue weighted by molar-refractivity contribution is 0.740. The van der Waals surface area contributed by atoms with Crippen LogP contribution in [0.5, 0.6) is 0 Å². The van der Waals surface area contributed by atoms with Gasteiger partial charge in [0.1, 0.15) is 12.7 Å². The minimum absolute atomic E-state index is 0.503. The van der Waals surface area contributed by atoms with Crippen molar-refractivity contribution in [3.8, 4) is 11.6 Å². The average Bonchev–Trinajstić information content (AvgIpc) is 3.01. The van der Waals surface area contributed by atoms with Crippen LogP contribution in [0.4, 0.5) is 0 Å². The van der Waals surface area contributed by atoms with E-state index in [0.29, 0.717) is 5.95 Å². The maximum atomic E-state index is 3.99. The van der Waals surface area contributed by atoms with E-state index < -0.39 is 0 Å². The Balaban J connectivity index is 2.14. The summed E-state index contributed by atoms with van der Waals surface area (Å²) in [5, 5.41) is 15.4. The van der Waals surface area contributed by atoms with Gasteiger partial charge in [-0.3, -0.25) is 0 Å². The fourth-order valence-corrected chi connectivity index (χ4v) is 1.37. The van der Waals surface area contributed by atoms with Crippen molar-refractivity contribution in [3.05, 3.63) is 43.0 Å². The van der Waals surface area contributed by atoms with Crippen molar-refractivity contribution in [1.29, 1.82) is 0 Å². The third-order valence-corrected chi connectivity index (χ3v) is 2.08. The molecule has 2 heterocycles. The van der Waals surface area contributed by atoms with E-state index >= 15 is 0 Å². The second kappa shape index (κ2) is 3.54. The maximum absolute atomic E-state index is 3.99. The molecular formula is C9H7N7. The molecule has 0 N–H and O–H groups in total. The van der Waals surface area contributed by atoms with Crippen LogP contribution in [0.25, 0.3) is 11.6 Å². The molecule has 0 radical (unpaired) electrons. The van der Waals surface area contributed by atoms with Gasteiger partial charge in [-0.1, -0.05) is 23.3 Å². The number of para-hydroxylation sites is 1. The van der Waals surface area contributed by atoms with Crippen molar-refractivity contribution < 1.29 is 0 Å². The first kappa shape index (κ1) is 8.72. The van der Waals surface area contributed by atoms with Crippen molar-refractivity contribution in [1.82, 2.24) is 35.0 Å². The van der Waals surface area contributed by atoms with Crippen LogP contribution in [0.3, 0.4) is 0 Å². The van der Waals surface area contributed by atoms with Crippen molar-refractivity contribution in [3.63, 3.8) is 0 Å². The molecule has 7 nitrogen and oxygen atoms in total. The van der Waals surface area contributed by atoms with Crippen LogP contribution in [-0.4, -0.2) is 35.0 Å². The Morgan fingerprint density at radius 1 is 1.06 bits per heavy atom. The molecule has 0 unspecified atom stereocenters. The highest BCUT2D eigenvalue weighted by Crippen LogP contribution is 2.08. The van der Waals surface area contributed by atoms with E-state index in [1.54, 1.807) is 11.0 Å². The number of hydrogen-bond acceptors (Lipinski definition) is 5. The summed E-state index contributed by atoms with van der Waals surface area (Å²) >= 11 is 0. The van der Waals surface area contributed by atoms with E-state index in [-0.39, 0.29) is 0 Å². The number of rotatable bonds is 2. The Kier molecular flexibility index (Phi) is 1.93.